The number of aryl methyl sites for hydroxylation is 1. The first kappa shape index (κ1) is 20.0. The fourth-order valence-electron chi connectivity index (χ4n) is 2.23. The molecular weight excluding hydrogens is 348 g/mol. The predicted molar refractivity (Wildman–Crippen MR) is 105 cm³/mol. The third-order valence-electron chi connectivity index (χ3n) is 3.70. The zero-order chi connectivity index (χ0) is 18.8. The van der Waals surface area contributed by atoms with Crippen LogP contribution in [-0.2, 0) is 26.7 Å². The molecule has 138 valence electrons. The average Bonchev–Trinajstić information content (AvgIpc) is 2.67. The number of esters is 1. The minimum atomic E-state index is -0.717. The fourth-order valence-corrected chi connectivity index (χ4v) is 3.23. The maximum absolute atomic E-state index is 12.4. The number of benzene rings is 2. The van der Waals surface area contributed by atoms with E-state index in [1.807, 2.05) is 37.3 Å². The quantitative estimate of drug-likeness (QED) is 0.661. The number of hydrogen-bond acceptors (Lipinski definition) is 5. The van der Waals surface area contributed by atoms with E-state index < -0.39 is 12.0 Å². The van der Waals surface area contributed by atoms with Crippen LogP contribution in [0.1, 0.15) is 16.7 Å². The average molecular weight is 372 g/mol. The van der Waals surface area contributed by atoms with Gasteiger partial charge in [-0.05, 0) is 18.1 Å². The van der Waals surface area contributed by atoms with Gasteiger partial charge >= 0.3 is 5.97 Å². The second-order valence-electron chi connectivity index (χ2n) is 5.92. The van der Waals surface area contributed by atoms with E-state index in [1.165, 1.54) is 11.1 Å². The highest BCUT2D eigenvalue weighted by molar-refractivity contribution is 7.98. The molecule has 5 nitrogen and oxygen atoms in total. The van der Waals surface area contributed by atoms with Crippen molar-refractivity contribution in [2.24, 2.45) is 5.73 Å². The SMILES string of the molecule is Cc1ccc(CSC[C@H](NC(=O)CN)C(=O)OCc2ccccc2)cc1. The van der Waals surface area contributed by atoms with Gasteiger partial charge in [-0.1, -0.05) is 60.2 Å². The standard InChI is InChI=1S/C20H24N2O3S/c1-15-7-9-17(10-8-15)13-26-14-18(22-19(23)11-21)20(24)25-12-16-5-3-2-4-6-16/h2-10,18H,11-14,21H2,1H3,(H,22,23)/t18-/m0/s1. The van der Waals surface area contributed by atoms with E-state index in [4.69, 9.17) is 10.5 Å². The van der Waals surface area contributed by atoms with Gasteiger partial charge in [0.15, 0.2) is 0 Å². The van der Waals surface area contributed by atoms with Crippen molar-refractivity contribution in [3.8, 4) is 0 Å². The zero-order valence-corrected chi connectivity index (χ0v) is 15.6. The highest BCUT2D eigenvalue weighted by atomic mass is 32.2. The number of carbonyl (C=O) groups excluding carboxylic acids is 2. The Bertz CT molecular complexity index is 705. The molecule has 0 saturated carbocycles. The van der Waals surface area contributed by atoms with E-state index in [-0.39, 0.29) is 19.1 Å². The van der Waals surface area contributed by atoms with E-state index in [1.54, 1.807) is 11.8 Å². The summed E-state index contributed by atoms with van der Waals surface area (Å²) >= 11 is 1.57. The van der Waals surface area contributed by atoms with E-state index >= 15 is 0 Å². The molecule has 0 unspecified atom stereocenters. The van der Waals surface area contributed by atoms with Crippen molar-refractivity contribution in [1.29, 1.82) is 0 Å². The lowest BCUT2D eigenvalue weighted by Gasteiger charge is -2.17. The van der Waals surface area contributed by atoms with E-state index in [2.05, 4.69) is 29.6 Å². The number of thioether (sulfide) groups is 1. The van der Waals surface area contributed by atoms with Gasteiger partial charge in [-0.2, -0.15) is 11.8 Å². The lowest BCUT2D eigenvalue weighted by molar-refractivity contribution is -0.148. The van der Waals surface area contributed by atoms with Gasteiger partial charge in [-0.3, -0.25) is 4.79 Å². The van der Waals surface area contributed by atoms with Gasteiger partial charge in [0, 0.05) is 11.5 Å². The van der Waals surface area contributed by atoms with Crippen LogP contribution in [0.5, 0.6) is 0 Å². The Morgan fingerprint density at radius 2 is 1.77 bits per heavy atom. The van der Waals surface area contributed by atoms with E-state index in [0.29, 0.717) is 5.75 Å². The zero-order valence-electron chi connectivity index (χ0n) is 14.8. The summed E-state index contributed by atoms with van der Waals surface area (Å²) < 4.78 is 5.35. The second kappa shape index (κ2) is 10.6. The molecule has 1 atom stereocenters. The van der Waals surface area contributed by atoms with Crippen molar-refractivity contribution < 1.29 is 14.3 Å². The Balaban J connectivity index is 1.88. The van der Waals surface area contributed by atoms with Crippen molar-refractivity contribution in [2.45, 2.75) is 25.3 Å². The summed E-state index contributed by atoms with van der Waals surface area (Å²) in [5, 5.41) is 2.64. The van der Waals surface area contributed by atoms with Crippen molar-refractivity contribution in [1.82, 2.24) is 5.32 Å². The molecule has 0 spiro atoms. The number of amides is 1. The third-order valence-corrected chi connectivity index (χ3v) is 4.81. The van der Waals surface area contributed by atoms with Gasteiger partial charge in [-0.25, -0.2) is 4.79 Å². The summed E-state index contributed by atoms with van der Waals surface area (Å²) in [7, 11) is 0. The van der Waals surface area contributed by atoms with Crippen LogP contribution in [0.15, 0.2) is 54.6 Å². The number of nitrogens with one attached hydrogen (secondary N) is 1. The molecule has 0 heterocycles. The molecule has 0 aliphatic heterocycles. The van der Waals surface area contributed by atoms with Crippen LogP contribution in [0.4, 0.5) is 0 Å². The van der Waals surface area contributed by atoms with Gasteiger partial charge in [-0.15, -0.1) is 0 Å². The van der Waals surface area contributed by atoms with Gasteiger partial charge in [0.05, 0.1) is 6.54 Å². The molecule has 0 fully saturated rings. The summed E-state index contributed by atoms with van der Waals surface area (Å²) in [6, 6.07) is 16.9. The number of ether oxygens (including phenoxy) is 1. The van der Waals surface area contributed by atoms with Crippen LogP contribution < -0.4 is 11.1 Å². The maximum atomic E-state index is 12.4. The van der Waals surface area contributed by atoms with Gasteiger partial charge in [0.2, 0.25) is 5.91 Å². The topological polar surface area (TPSA) is 81.4 Å². The molecule has 2 aromatic carbocycles. The van der Waals surface area contributed by atoms with Crippen molar-refractivity contribution in [2.75, 3.05) is 12.3 Å². The number of nitrogens with two attached hydrogens (primary N) is 1. The van der Waals surface area contributed by atoms with E-state index in [0.717, 1.165) is 11.3 Å². The molecule has 0 aliphatic rings. The Morgan fingerprint density at radius 3 is 2.42 bits per heavy atom. The Labute approximate surface area is 158 Å². The van der Waals surface area contributed by atoms with Crippen molar-refractivity contribution in [3.63, 3.8) is 0 Å². The minimum Gasteiger partial charge on any atom is -0.459 e. The molecule has 0 aromatic heterocycles. The molecule has 0 bridgehead atoms. The molecule has 2 aromatic rings. The summed E-state index contributed by atoms with van der Waals surface area (Å²) in [6.45, 7) is 2.06. The fraction of sp³-hybridized carbons (Fsp3) is 0.300. The largest absolute Gasteiger partial charge is 0.459 e. The molecule has 1 amide bonds. The number of carbonyl (C=O) groups is 2. The first-order valence-electron chi connectivity index (χ1n) is 8.41. The van der Waals surface area contributed by atoms with Crippen molar-refractivity contribution >= 4 is 23.6 Å². The minimum absolute atomic E-state index is 0.162. The van der Waals surface area contributed by atoms with Crippen LogP contribution in [0.25, 0.3) is 0 Å². The monoisotopic (exact) mass is 372 g/mol. The van der Waals surface area contributed by atoms with E-state index in [9.17, 15) is 9.59 Å². The van der Waals surface area contributed by atoms with Gasteiger partial charge < -0.3 is 15.8 Å². The highest BCUT2D eigenvalue weighted by Gasteiger charge is 2.22. The first-order valence-corrected chi connectivity index (χ1v) is 9.57. The second-order valence-corrected chi connectivity index (χ2v) is 6.95. The number of rotatable bonds is 9. The third kappa shape index (κ3) is 6.90. The molecular formula is C20H24N2O3S. The summed E-state index contributed by atoms with van der Waals surface area (Å²) in [5.41, 5.74) is 8.62. The van der Waals surface area contributed by atoms with Crippen LogP contribution in [0.2, 0.25) is 0 Å². The normalized spacial score (nSPS) is 11.6. The van der Waals surface area contributed by atoms with Crippen LogP contribution in [0.3, 0.4) is 0 Å². The van der Waals surface area contributed by atoms with Crippen LogP contribution in [0, 0.1) is 6.92 Å². The highest BCUT2D eigenvalue weighted by Crippen LogP contribution is 2.15. The van der Waals surface area contributed by atoms with Crippen molar-refractivity contribution in [3.05, 3.63) is 71.3 Å². The van der Waals surface area contributed by atoms with Crippen LogP contribution >= 0.6 is 11.8 Å². The summed E-state index contributed by atoms with van der Waals surface area (Å²) in [4.78, 5) is 24.0. The van der Waals surface area contributed by atoms with Gasteiger partial charge in [0.25, 0.3) is 0 Å². The summed E-state index contributed by atoms with van der Waals surface area (Å²) in [5.74, 6) is 0.351. The molecule has 2 rings (SSSR count). The smallest absolute Gasteiger partial charge is 0.329 e. The molecule has 3 N–H and O–H groups in total. The van der Waals surface area contributed by atoms with Crippen LogP contribution in [-0.4, -0.2) is 30.2 Å². The first-order chi connectivity index (χ1) is 12.6. The molecule has 0 aliphatic carbocycles. The lowest BCUT2D eigenvalue weighted by atomic mass is 10.2. The molecule has 26 heavy (non-hydrogen) atoms. The predicted octanol–water partition coefficient (Wildman–Crippen LogP) is 2.42. The Morgan fingerprint density at radius 1 is 1.08 bits per heavy atom. The maximum Gasteiger partial charge on any atom is 0.329 e. The lowest BCUT2D eigenvalue weighted by Crippen LogP contribution is -2.45. The summed E-state index contributed by atoms with van der Waals surface area (Å²) in [6.07, 6.45) is 0. The Hall–Kier alpha value is -2.31. The molecule has 0 saturated heterocycles. The molecule has 0 radical (unpaired) electrons. The molecule has 6 heteroatoms. The van der Waals surface area contributed by atoms with Gasteiger partial charge in [0.1, 0.15) is 12.6 Å². The Kier molecular flexibility index (Phi) is 8.18. The number of hydrogen-bond donors (Lipinski definition) is 2.